The van der Waals surface area contributed by atoms with Gasteiger partial charge in [-0.25, -0.2) is 4.79 Å². The van der Waals surface area contributed by atoms with Crippen molar-refractivity contribution in [2.75, 3.05) is 6.61 Å². The number of ether oxygens (including phenoxy) is 2. The van der Waals surface area contributed by atoms with Gasteiger partial charge in [-0.15, -0.1) is 0 Å². The number of allylic oxidation sites excluding steroid dienone is 1. The fourth-order valence-electron chi connectivity index (χ4n) is 3.31. The Labute approximate surface area is 149 Å². The maximum absolute atomic E-state index is 11.9. The van der Waals surface area contributed by atoms with Crippen LogP contribution in [0.15, 0.2) is 12.1 Å². The molecule has 1 unspecified atom stereocenters. The van der Waals surface area contributed by atoms with Crippen molar-refractivity contribution in [1.29, 1.82) is 0 Å². The Hall–Kier alpha value is -1.72. The zero-order valence-corrected chi connectivity index (χ0v) is 14.5. The van der Waals surface area contributed by atoms with Crippen LogP contribution in [0.25, 0.3) is 5.57 Å². The largest absolute Gasteiger partial charge is 0.482 e. The van der Waals surface area contributed by atoms with Gasteiger partial charge in [-0.1, -0.05) is 36.5 Å². The third-order valence-corrected chi connectivity index (χ3v) is 5.14. The third-order valence-electron chi connectivity index (χ3n) is 4.29. The zero-order valence-electron chi connectivity index (χ0n) is 13.0. The number of carbonyl (C=O) groups excluding carboxylic acids is 1. The van der Waals surface area contributed by atoms with Gasteiger partial charge in [0.15, 0.2) is 12.4 Å². The Morgan fingerprint density at radius 2 is 2.17 bits per heavy atom. The van der Waals surface area contributed by atoms with Crippen molar-refractivity contribution in [3.63, 3.8) is 0 Å². The number of carbonyl (C=O) groups is 2. The lowest BCUT2D eigenvalue weighted by molar-refractivity contribution is -0.139. The molecule has 0 radical (unpaired) electrons. The summed E-state index contributed by atoms with van der Waals surface area (Å²) in [5, 5.41) is 9.09. The number of halogens is 2. The van der Waals surface area contributed by atoms with Crippen molar-refractivity contribution in [3.8, 4) is 11.5 Å². The highest BCUT2D eigenvalue weighted by Crippen LogP contribution is 2.56. The highest BCUT2D eigenvalue weighted by molar-refractivity contribution is 6.44. The molecule has 0 fully saturated rings. The Bertz CT molecular complexity index is 756. The first-order valence-electron chi connectivity index (χ1n) is 7.69. The van der Waals surface area contributed by atoms with Gasteiger partial charge in [0.25, 0.3) is 0 Å². The molecule has 0 saturated heterocycles. The van der Waals surface area contributed by atoms with Crippen LogP contribution < -0.4 is 9.47 Å². The van der Waals surface area contributed by atoms with Gasteiger partial charge in [0.05, 0.1) is 5.02 Å². The monoisotopic (exact) mass is 370 g/mol. The van der Waals surface area contributed by atoms with E-state index in [-0.39, 0.29) is 21.6 Å². The number of benzene rings is 1. The molecule has 1 aliphatic carbocycles. The smallest absolute Gasteiger partial charge is 0.341 e. The SMILES string of the molecule is CCCC12CCC(=O)C=C1c1c(cc(OCC(=O)O)c(Cl)c1Cl)O2. The predicted molar refractivity (Wildman–Crippen MR) is 90.1 cm³/mol. The molecule has 1 N–H and O–H groups in total. The average molecular weight is 371 g/mol. The maximum Gasteiger partial charge on any atom is 0.341 e. The highest BCUT2D eigenvalue weighted by Gasteiger charge is 2.47. The molecule has 2 aliphatic rings. The van der Waals surface area contributed by atoms with Crippen molar-refractivity contribution < 1.29 is 24.2 Å². The molecule has 1 aromatic rings. The van der Waals surface area contributed by atoms with Gasteiger partial charge < -0.3 is 14.6 Å². The number of hydrogen-bond acceptors (Lipinski definition) is 4. The fraction of sp³-hybridized carbons (Fsp3) is 0.412. The van der Waals surface area contributed by atoms with Crippen molar-refractivity contribution >= 4 is 40.5 Å². The van der Waals surface area contributed by atoms with E-state index in [4.69, 9.17) is 37.8 Å². The Morgan fingerprint density at radius 3 is 2.83 bits per heavy atom. The molecule has 1 heterocycles. The molecule has 0 saturated carbocycles. The Balaban J connectivity index is 2.09. The minimum Gasteiger partial charge on any atom is -0.482 e. The van der Waals surface area contributed by atoms with Gasteiger partial charge in [-0.05, 0) is 18.9 Å². The van der Waals surface area contributed by atoms with Crippen molar-refractivity contribution in [3.05, 3.63) is 27.8 Å². The first-order valence-corrected chi connectivity index (χ1v) is 8.44. The summed E-state index contributed by atoms with van der Waals surface area (Å²) in [5.74, 6) is -0.459. The lowest BCUT2D eigenvalue weighted by atomic mass is 9.78. The summed E-state index contributed by atoms with van der Waals surface area (Å²) >= 11 is 12.6. The lowest BCUT2D eigenvalue weighted by Gasteiger charge is -2.32. The quantitative estimate of drug-likeness (QED) is 0.843. The number of fused-ring (bicyclic) bond motifs is 3. The fourth-order valence-corrected chi connectivity index (χ4v) is 3.80. The van der Waals surface area contributed by atoms with Gasteiger partial charge >= 0.3 is 5.97 Å². The summed E-state index contributed by atoms with van der Waals surface area (Å²) in [4.78, 5) is 22.6. The zero-order chi connectivity index (χ0) is 17.5. The van der Waals surface area contributed by atoms with E-state index in [1.807, 2.05) is 6.92 Å². The van der Waals surface area contributed by atoms with E-state index >= 15 is 0 Å². The molecular weight excluding hydrogens is 355 g/mol. The molecule has 0 bridgehead atoms. The molecule has 1 aromatic carbocycles. The standard InChI is InChI=1S/C17H16Cl2O5/c1-2-4-17-5-3-9(20)6-10(17)14-11(24-17)7-12(15(18)16(14)19)23-8-13(21)22/h6-7H,2-5,8H2,1H3,(H,21,22). The van der Waals surface area contributed by atoms with Gasteiger partial charge in [0, 0.05) is 23.6 Å². The van der Waals surface area contributed by atoms with Crippen molar-refractivity contribution in [1.82, 2.24) is 0 Å². The number of rotatable bonds is 5. The number of hydrogen-bond donors (Lipinski definition) is 1. The lowest BCUT2D eigenvalue weighted by Crippen LogP contribution is -2.36. The van der Waals surface area contributed by atoms with Crippen LogP contribution in [-0.2, 0) is 9.59 Å². The second-order valence-corrected chi connectivity index (χ2v) is 6.68. The molecule has 0 aromatic heterocycles. The summed E-state index contributed by atoms with van der Waals surface area (Å²) in [6, 6.07) is 1.55. The molecular formula is C17H16Cl2O5. The Kier molecular flexibility index (Phi) is 4.49. The molecule has 1 aliphatic heterocycles. The van der Waals surface area contributed by atoms with E-state index in [1.165, 1.54) is 0 Å². The van der Waals surface area contributed by atoms with E-state index in [0.29, 0.717) is 24.2 Å². The summed E-state index contributed by atoms with van der Waals surface area (Å²) in [7, 11) is 0. The van der Waals surface area contributed by atoms with Gasteiger partial charge in [0.1, 0.15) is 22.1 Å². The van der Waals surface area contributed by atoms with Crippen LogP contribution in [0.1, 0.15) is 38.2 Å². The number of aliphatic carboxylic acids is 1. The number of carboxylic acids is 1. The molecule has 0 spiro atoms. The molecule has 7 heteroatoms. The van der Waals surface area contributed by atoms with Crippen LogP contribution >= 0.6 is 23.2 Å². The van der Waals surface area contributed by atoms with Gasteiger partial charge in [-0.3, -0.25) is 4.79 Å². The molecule has 128 valence electrons. The second-order valence-electron chi connectivity index (χ2n) is 5.93. The Morgan fingerprint density at radius 1 is 1.42 bits per heavy atom. The van der Waals surface area contributed by atoms with E-state index in [9.17, 15) is 9.59 Å². The van der Waals surface area contributed by atoms with E-state index in [0.717, 1.165) is 18.4 Å². The number of ketones is 1. The molecule has 0 amide bonds. The van der Waals surface area contributed by atoms with Crippen LogP contribution in [-0.4, -0.2) is 29.1 Å². The summed E-state index contributed by atoms with van der Waals surface area (Å²) in [6.45, 7) is 1.52. The summed E-state index contributed by atoms with van der Waals surface area (Å²) < 4.78 is 11.4. The van der Waals surface area contributed by atoms with Crippen LogP contribution in [0.3, 0.4) is 0 Å². The van der Waals surface area contributed by atoms with E-state index in [1.54, 1.807) is 12.1 Å². The van der Waals surface area contributed by atoms with Crippen LogP contribution in [0.5, 0.6) is 11.5 Å². The first-order chi connectivity index (χ1) is 11.4. The topological polar surface area (TPSA) is 72.8 Å². The highest BCUT2D eigenvalue weighted by atomic mass is 35.5. The third kappa shape index (κ3) is 2.76. The molecule has 1 atom stereocenters. The molecule has 5 nitrogen and oxygen atoms in total. The average Bonchev–Trinajstić information content (AvgIpc) is 2.83. The normalized spacial score (nSPS) is 21.6. The van der Waals surface area contributed by atoms with Crippen LogP contribution in [0, 0.1) is 0 Å². The summed E-state index contributed by atoms with van der Waals surface area (Å²) in [6.07, 6.45) is 4.23. The van der Waals surface area contributed by atoms with E-state index < -0.39 is 18.2 Å². The molecule has 3 rings (SSSR count). The predicted octanol–water partition coefficient (Wildman–Crippen LogP) is 4.13. The van der Waals surface area contributed by atoms with Crippen LogP contribution in [0.2, 0.25) is 10.0 Å². The van der Waals surface area contributed by atoms with Crippen LogP contribution in [0.4, 0.5) is 0 Å². The van der Waals surface area contributed by atoms with E-state index in [2.05, 4.69) is 0 Å². The minimum atomic E-state index is -1.12. The molecule has 24 heavy (non-hydrogen) atoms. The minimum absolute atomic E-state index is 0.0339. The van der Waals surface area contributed by atoms with Crippen molar-refractivity contribution in [2.24, 2.45) is 0 Å². The van der Waals surface area contributed by atoms with Crippen molar-refractivity contribution in [2.45, 2.75) is 38.2 Å². The number of carboxylic acid groups (broad SMARTS) is 1. The second kappa shape index (κ2) is 6.30. The maximum atomic E-state index is 11.9. The first kappa shape index (κ1) is 17.1. The van der Waals surface area contributed by atoms with Gasteiger partial charge in [0.2, 0.25) is 0 Å². The summed E-state index contributed by atoms with van der Waals surface area (Å²) in [5.41, 5.74) is 0.779. The van der Waals surface area contributed by atoms with Gasteiger partial charge in [-0.2, -0.15) is 0 Å².